The van der Waals surface area contributed by atoms with E-state index >= 15 is 0 Å². The van der Waals surface area contributed by atoms with E-state index in [1.54, 1.807) is 11.8 Å². The Morgan fingerprint density at radius 2 is 2.00 bits per heavy atom. The number of rotatable bonds is 4. The highest BCUT2D eigenvalue weighted by Gasteiger charge is 2.26. The summed E-state index contributed by atoms with van der Waals surface area (Å²) >= 11 is 0. The first-order valence-electron chi connectivity index (χ1n) is 8.52. The molecule has 0 aromatic carbocycles. The van der Waals surface area contributed by atoms with Gasteiger partial charge in [0, 0.05) is 25.8 Å². The van der Waals surface area contributed by atoms with E-state index in [-0.39, 0.29) is 11.5 Å². The average Bonchev–Trinajstić information content (AvgIpc) is 3.10. The fraction of sp³-hybridized carbons (Fsp3) is 0.444. The lowest BCUT2D eigenvalue weighted by Crippen LogP contribution is -2.38. The van der Waals surface area contributed by atoms with Crippen molar-refractivity contribution in [2.24, 2.45) is 0 Å². The zero-order valence-electron chi connectivity index (χ0n) is 14.5. The zero-order valence-corrected chi connectivity index (χ0v) is 14.5. The lowest BCUT2D eigenvalue weighted by molar-refractivity contribution is 0.0684. The third-order valence-electron chi connectivity index (χ3n) is 4.77. The highest BCUT2D eigenvalue weighted by Crippen LogP contribution is 2.28. The van der Waals surface area contributed by atoms with Gasteiger partial charge in [-0.25, -0.2) is 9.78 Å². The number of carboxylic acids is 1. The average molecular weight is 342 g/mol. The molecule has 0 radical (unpaired) electrons. The van der Waals surface area contributed by atoms with Crippen LogP contribution in [0.15, 0.2) is 24.5 Å². The smallest absolute Gasteiger partial charge is 0.337 e. The number of aryl methyl sites for hydroxylation is 2. The van der Waals surface area contributed by atoms with Crippen molar-refractivity contribution in [1.82, 2.24) is 19.7 Å². The van der Waals surface area contributed by atoms with Gasteiger partial charge >= 0.3 is 5.97 Å². The quantitative estimate of drug-likeness (QED) is 0.921. The van der Waals surface area contributed by atoms with Gasteiger partial charge in [-0.2, -0.15) is 5.10 Å². The molecule has 0 aliphatic carbocycles. The molecule has 0 atom stereocenters. The van der Waals surface area contributed by atoms with Gasteiger partial charge in [0.15, 0.2) is 0 Å². The van der Waals surface area contributed by atoms with Gasteiger partial charge in [0.2, 0.25) is 0 Å². The third-order valence-corrected chi connectivity index (χ3v) is 4.77. The predicted molar refractivity (Wildman–Crippen MR) is 91.7 cm³/mol. The van der Waals surface area contributed by atoms with Gasteiger partial charge in [0.25, 0.3) is 5.91 Å². The lowest BCUT2D eigenvalue weighted by atomic mass is 9.91. The largest absolute Gasteiger partial charge is 0.478 e. The monoisotopic (exact) mass is 342 g/mol. The third kappa shape index (κ3) is 3.55. The number of pyridine rings is 1. The first-order chi connectivity index (χ1) is 12.0. The van der Waals surface area contributed by atoms with Gasteiger partial charge < -0.3 is 10.0 Å². The van der Waals surface area contributed by atoms with Crippen LogP contribution < -0.4 is 0 Å². The van der Waals surface area contributed by atoms with E-state index in [1.807, 2.05) is 10.9 Å². The number of piperidine rings is 1. The molecule has 0 saturated carbocycles. The topological polar surface area (TPSA) is 88.3 Å². The number of hydrogen-bond donors (Lipinski definition) is 1. The molecule has 7 nitrogen and oxygen atoms in total. The van der Waals surface area contributed by atoms with Crippen molar-refractivity contribution in [3.05, 3.63) is 47.0 Å². The van der Waals surface area contributed by atoms with E-state index in [9.17, 15) is 9.59 Å². The van der Waals surface area contributed by atoms with Crippen LogP contribution in [0, 0.1) is 6.92 Å². The van der Waals surface area contributed by atoms with Crippen molar-refractivity contribution in [3.63, 3.8) is 0 Å². The molecule has 1 fully saturated rings. The molecule has 0 unspecified atom stereocenters. The fourth-order valence-corrected chi connectivity index (χ4v) is 3.25. The Morgan fingerprint density at radius 3 is 2.56 bits per heavy atom. The van der Waals surface area contributed by atoms with Crippen LogP contribution in [0.5, 0.6) is 0 Å². The van der Waals surface area contributed by atoms with E-state index in [0.29, 0.717) is 30.4 Å². The number of carbonyl (C=O) groups is 2. The highest BCUT2D eigenvalue weighted by atomic mass is 16.4. The van der Waals surface area contributed by atoms with Gasteiger partial charge in [0.05, 0.1) is 17.5 Å². The number of aromatic carboxylic acids is 1. The summed E-state index contributed by atoms with van der Waals surface area (Å²) in [6.07, 6.45) is 5.79. The number of carboxylic acid groups (broad SMARTS) is 1. The summed E-state index contributed by atoms with van der Waals surface area (Å²) in [6.45, 7) is 5.86. The molecule has 1 aliphatic rings. The van der Waals surface area contributed by atoms with E-state index in [2.05, 4.69) is 23.2 Å². The molecule has 25 heavy (non-hydrogen) atoms. The van der Waals surface area contributed by atoms with Crippen LogP contribution in [-0.2, 0) is 6.54 Å². The van der Waals surface area contributed by atoms with Gasteiger partial charge in [-0.1, -0.05) is 0 Å². The van der Waals surface area contributed by atoms with E-state index in [1.165, 1.54) is 17.7 Å². The maximum absolute atomic E-state index is 12.6. The molecule has 2 aromatic rings. The predicted octanol–water partition coefficient (Wildman–Crippen LogP) is 2.32. The van der Waals surface area contributed by atoms with Crippen LogP contribution in [0.3, 0.4) is 0 Å². The summed E-state index contributed by atoms with van der Waals surface area (Å²) in [5.41, 5.74) is 2.02. The van der Waals surface area contributed by atoms with Crippen LogP contribution in [-0.4, -0.2) is 49.7 Å². The standard InChI is InChI=1S/C18H22N4O3/c1-3-22-11-14(10-19-22)13-6-8-21(9-7-13)17(23)16-5-4-15(18(24)25)12(2)20-16/h4-5,10-11,13H,3,6-9H2,1-2H3,(H,24,25). The second kappa shape index (κ2) is 7.04. The SMILES string of the molecule is CCn1cc(C2CCN(C(=O)c3ccc(C(=O)O)c(C)n3)CC2)cn1. The molecule has 7 heteroatoms. The molecular formula is C18H22N4O3. The van der Waals surface area contributed by atoms with Crippen molar-refractivity contribution < 1.29 is 14.7 Å². The Hall–Kier alpha value is -2.70. The van der Waals surface area contributed by atoms with Gasteiger partial charge in [-0.05, 0) is 50.3 Å². The van der Waals surface area contributed by atoms with Crippen molar-refractivity contribution in [2.75, 3.05) is 13.1 Å². The molecule has 1 N–H and O–H groups in total. The molecule has 3 rings (SSSR count). The molecule has 1 amide bonds. The molecule has 1 aliphatic heterocycles. The van der Waals surface area contributed by atoms with Crippen molar-refractivity contribution in [1.29, 1.82) is 0 Å². The maximum Gasteiger partial charge on any atom is 0.337 e. The Labute approximate surface area is 146 Å². The maximum atomic E-state index is 12.6. The van der Waals surface area contributed by atoms with Crippen LogP contribution in [0.2, 0.25) is 0 Å². The minimum absolute atomic E-state index is 0.128. The minimum atomic E-state index is -1.03. The van der Waals surface area contributed by atoms with E-state index in [0.717, 1.165) is 19.4 Å². The van der Waals surface area contributed by atoms with Crippen LogP contribution in [0.4, 0.5) is 0 Å². The highest BCUT2D eigenvalue weighted by molar-refractivity contribution is 5.94. The number of carbonyl (C=O) groups excluding carboxylic acids is 1. The summed E-state index contributed by atoms with van der Waals surface area (Å²) in [5.74, 6) is -0.742. The number of hydrogen-bond acceptors (Lipinski definition) is 4. The normalized spacial score (nSPS) is 15.4. The molecule has 0 bridgehead atoms. The number of aromatic nitrogens is 3. The van der Waals surface area contributed by atoms with Crippen LogP contribution in [0.1, 0.15) is 57.8 Å². The minimum Gasteiger partial charge on any atom is -0.478 e. The molecule has 3 heterocycles. The van der Waals surface area contributed by atoms with Crippen molar-refractivity contribution >= 4 is 11.9 Å². The van der Waals surface area contributed by atoms with Crippen LogP contribution in [0.25, 0.3) is 0 Å². The number of nitrogens with zero attached hydrogens (tertiary/aromatic N) is 4. The second-order valence-corrected chi connectivity index (χ2v) is 6.33. The Morgan fingerprint density at radius 1 is 1.28 bits per heavy atom. The van der Waals surface area contributed by atoms with Crippen molar-refractivity contribution in [2.45, 2.75) is 39.2 Å². The number of amides is 1. The Kier molecular flexibility index (Phi) is 4.83. The Balaban J connectivity index is 1.65. The fourth-order valence-electron chi connectivity index (χ4n) is 3.25. The molecule has 2 aromatic heterocycles. The van der Waals surface area contributed by atoms with Gasteiger partial charge in [-0.3, -0.25) is 9.48 Å². The summed E-state index contributed by atoms with van der Waals surface area (Å²) in [7, 11) is 0. The van der Waals surface area contributed by atoms with Gasteiger partial charge in [0.1, 0.15) is 5.69 Å². The van der Waals surface area contributed by atoms with Crippen LogP contribution >= 0.6 is 0 Å². The van der Waals surface area contributed by atoms with E-state index < -0.39 is 5.97 Å². The molecule has 0 spiro atoms. The molecule has 1 saturated heterocycles. The number of likely N-dealkylation sites (tertiary alicyclic amines) is 1. The lowest BCUT2D eigenvalue weighted by Gasteiger charge is -2.31. The summed E-state index contributed by atoms with van der Waals surface area (Å²) < 4.78 is 1.92. The van der Waals surface area contributed by atoms with Gasteiger partial charge in [-0.15, -0.1) is 0 Å². The summed E-state index contributed by atoms with van der Waals surface area (Å²) in [6, 6.07) is 2.94. The summed E-state index contributed by atoms with van der Waals surface area (Å²) in [4.78, 5) is 29.7. The first kappa shape index (κ1) is 17.1. The summed E-state index contributed by atoms with van der Waals surface area (Å²) in [5, 5.41) is 13.4. The molecule has 132 valence electrons. The molecular weight excluding hydrogens is 320 g/mol. The van der Waals surface area contributed by atoms with Crippen molar-refractivity contribution in [3.8, 4) is 0 Å². The first-order valence-corrected chi connectivity index (χ1v) is 8.52. The zero-order chi connectivity index (χ0) is 18.0. The Bertz CT molecular complexity index is 791. The second-order valence-electron chi connectivity index (χ2n) is 6.33. The van der Waals surface area contributed by atoms with E-state index in [4.69, 9.17) is 5.11 Å².